The van der Waals surface area contributed by atoms with Gasteiger partial charge in [-0.15, -0.1) is 0 Å². The van der Waals surface area contributed by atoms with Crippen molar-refractivity contribution in [3.63, 3.8) is 0 Å². The number of nitrogens with zero attached hydrogens (tertiary/aromatic N) is 1. The summed E-state index contributed by atoms with van der Waals surface area (Å²) in [7, 11) is 0. The zero-order chi connectivity index (χ0) is 15.0. The van der Waals surface area contributed by atoms with Crippen LogP contribution in [0, 0.1) is 5.92 Å². The molecule has 0 aromatic heterocycles. The highest BCUT2D eigenvalue weighted by atomic mass is 32.2. The van der Waals surface area contributed by atoms with Crippen molar-refractivity contribution in [3.8, 4) is 0 Å². The minimum absolute atomic E-state index is 0.324. The summed E-state index contributed by atoms with van der Waals surface area (Å²) in [5.41, 5.74) is 0.324. The topological polar surface area (TPSA) is 15.3 Å². The molecule has 0 aromatic carbocycles. The number of thioether (sulfide) groups is 1. The molecule has 0 spiro atoms. The normalized spacial score (nSPS) is 28.2. The Hall–Kier alpha value is 0.270. The SMILES string of the molecule is CCC1(C)CN(CCCCCCSC)C(C(C)C)CN1. The summed E-state index contributed by atoms with van der Waals surface area (Å²) in [6, 6.07) is 0.723. The van der Waals surface area contributed by atoms with Crippen LogP contribution in [-0.2, 0) is 0 Å². The molecule has 0 bridgehead atoms. The van der Waals surface area contributed by atoms with Crippen LogP contribution in [0.2, 0.25) is 0 Å². The molecule has 0 radical (unpaired) electrons. The van der Waals surface area contributed by atoms with Crippen molar-refractivity contribution in [2.45, 2.75) is 71.4 Å². The Balaban J connectivity index is 2.36. The zero-order valence-corrected chi connectivity index (χ0v) is 15.2. The predicted octanol–water partition coefficient (Wildman–Crippen LogP) is 4.01. The minimum Gasteiger partial charge on any atom is -0.309 e. The first-order valence-electron chi connectivity index (χ1n) is 8.50. The number of hydrogen-bond acceptors (Lipinski definition) is 3. The Labute approximate surface area is 131 Å². The molecule has 1 fully saturated rings. The van der Waals surface area contributed by atoms with Crippen molar-refractivity contribution in [3.05, 3.63) is 0 Å². The number of unbranched alkanes of at least 4 members (excludes halogenated alkanes) is 3. The molecule has 120 valence electrons. The summed E-state index contributed by atoms with van der Waals surface area (Å²) in [5.74, 6) is 2.08. The lowest BCUT2D eigenvalue weighted by Crippen LogP contribution is -2.63. The van der Waals surface area contributed by atoms with Crippen LogP contribution in [0.4, 0.5) is 0 Å². The first kappa shape index (κ1) is 18.3. The standard InChI is InChI=1S/C17H36N2S/c1-6-17(4)14-19(16(13-18-17)15(2)3)11-9-7-8-10-12-20-5/h15-16,18H,6-14H2,1-5H3. The fraction of sp³-hybridized carbons (Fsp3) is 1.00. The Morgan fingerprint density at radius 2 is 1.95 bits per heavy atom. The van der Waals surface area contributed by atoms with Gasteiger partial charge in [-0.1, -0.05) is 33.6 Å². The summed E-state index contributed by atoms with van der Waals surface area (Å²) in [5, 5.41) is 3.78. The monoisotopic (exact) mass is 300 g/mol. The van der Waals surface area contributed by atoms with E-state index < -0.39 is 0 Å². The van der Waals surface area contributed by atoms with Crippen molar-refractivity contribution in [1.29, 1.82) is 0 Å². The summed E-state index contributed by atoms with van der Waals surface area (Å²) >= 11 is 1.98. The molecule has 1 aliphatic rings. The smallest absolute Gasteiger partial charge is 0.0278 e. The first-order valence-corrected chi connectivity index (χ1v) is 9.90. The van der Waals surface area contributed by atoms with E-state index in [-0.39, 0.29) is 0 Å². The molecule has 1 heterocycles. The molecule has 1 N–H and O–H groups in total. The van der Waals surface area contributed by atoms with Crippen LogP contribution in [0.3, 0.4) is 0 Å². The van der Waals surface area contributed by atoms with Crippen LogP contribution >= 0.6 is 11.8 Å². The quantitative estimate of drug-likeness (QED) is 0.648. The lowest BCUT2D eigenvalue weighted by atomic mass is 9.89. The van der Waals surface area contributed by atoms with Crippen molar-refractivity contribution < 1.29 is 0 Å². The molecule has 2 atom stereocenters. The fourth-order valence-corrected chi connectivity index (χ4v) is 3.65. The van der Waals surface area contributed by atoms with E-state index in [4.69, 9.17) is 0 Å². The van der Waals surface area contributed by atoms with Crippen LogP contribution in [0.25, 0.3) is 0 Å². The van der Waals surface area contributed by atoms with E-state index in [1.807, 2.05) is 11.8 Å². The highest BCUT2D eigenvalue weighted by molar-refractivity contribution is 7.98. The molecule has 1 aliphatic heterocycles. The highest BCUT2D eigenvalue weighted by Gasteiger charge is 2.35. The van der Waals surface area contributed by atoms with E-state index >= 15 is 0 Å². The van der Waals surface area contributed by atoms with Crippen LogP contribution < -0.4 is 5.32 Å². The second kappa shape index (κ2) is 9.32. The molecule has 0 amide bonds. The van der Waals surface area contributed by atoms with Gasteiger partial charge in [-0.2, -0.15) is 11.8 Å². The van der Waals surface area contributed by atoms with Gasteiger partial charge in [0, 0.05) is 24.7 Å². The summed E-state index contributed by atoms with van der Waals surface area (Å²) in [6.07, 6.45) is 9.00. The van der Waals surface area contributed by atoms with Gasteiger partial charge in [0.05, 0.1) is 0 Å². The van der Waals surface area contributed by atoms with Crippen molar-refractivity contribution in [1.82, 2.24) is 10.2 Å². The molecule has 1 saturated heterocycles. The second-order valence-corrected chi connectivity index (χ2v) is 7.97. The van der Waals surface area contributed by atoms with Crippen LogP contribution in [0.15, 0.2) is 0 Å². The Kier molecular flexibility index (Phi) is 8.54. The Morgan fingerprint density at radius 3 is 2.55 bits per heavy atom. The molecular weight excluding hydrogens is 264 g/mol. The van der Waals surface area contributed by atoms with Gasteiger partial charge in [0.25, 0.3) is 0 Å². The fourth-order valence-electron chi connectivity index (χ4n) is 3.16. The molecular formula is C17H36N2S. The molecule has 2 unspecified atom stereocenters. The van der Waals surface area contributed by atoms with Crippen LogP contribution in [-0.4, -0.2) is 48.1 Å². The van der Waals surface area contributed by atoms with E-state index in [1.165, 1.54) is 50.9 Å². The summed E-state index contributed by atoms with van der Waals surface area (Å²) in [4.78, 5) is 2.76. The number of nitrogens with one attached hydrogen (secondary N) is 1. The molecule has 20 heavy (non-hydrogen) atoms. The summed E-state index contributed by atoms with van der Waals surface area (Å²) < 4.78 is 0. The van der Waals surface area contributed by atoms with E-state index in [0.29, 0.717) is 5.54 Å². The van der Waals surface area contributed by atoms with Gasteiger partial charge in [-0.25, -0.2) is 0 Å². The van der Waals surface area contributed by atoms with Crippen LogP contribution in [0.5, 0.6) is 0 Å². The second-order valence-electron chi connectivity index (χ2n) is 6.98. The summed E-state index contributed by atoms with van der Waals surface area (Å²) in [6.45, 7) is 13.1. The van der Waals surface area contributed by atoms with Gasteiger partial charge in [0.1, 0.15) is 0 Å². The lowest BCUT2D eigenvalue weighted by molar-refractivity contribution is 0.0589. The van der Waals surface area contributed by atoms with Gasteiger partial charge in [0.2, 0.25) is 0 Å². The predicted molar refractivity (Wildman–Crippen MR) is 93.7 cm³/mol. The lowest BCUT2D eigenvalue weighted by Gasteiger charge is -2.47. The third-order valence-electron chi connectivity index (χ3n) is 4.85. The minimum atomic E-state index is 0.324. The van der Waals surface area contributed by atoms with Gasteiger partial charge in [0.15, 0.2) is 0 Å². The largest absolute Gasteiger partial charge is 0.309 e. The zero-order valence-electron chi connectivity index (χ0n) is 14.4. The third-order valence-corrected chi connectivity index (χ3v) is 5.55. The maximum absolute atomic E-state index is 3.78. The van der Waals surface area contributed by atoms with Crippen molar-refractivity contribution in [2.24, 2.45) is 5.92 Å². The molecule has 3 heteroatoms. The molecule has 0 saturated carbocycles. The van der Waals surface area contributed by atoms with Crippen molar-refractivity contribution in [2.75, 3.05) is 31.6 Å². The first-order chi connectivity index (χ1) is 9.52. The van der Waals surface area contributed by atoms with Crippen molar-refractivity contribution >= 4 is 11.8 Å². The number of piperazine rings is 1. The van der Waals surface area contributed by atoms with Gasteiger partial charge in [-0.3, -0.25) is 4.90 Å². The Morgan fingerprint density at radius 1 is 1.25 bits per heavy atom. The molecule has 2 nitrogen and oxygen atoms in total. The van der Waals surface area contributed by atoms with E-state index in [9.17, 15) is 0 Å². The van der Waals surface area contributed by atoms with Gasteiger partial charge >= 0.3 is 0 Å². The highest BCUT2D eigenvalue weighted by Crippen LogP contribution is 2.23. The van der Waals surface area contributed by atoms with E-state index in [2.05, 4.69) is 44.2 Å². The number of hydrogen-bond donors (Lipinski definition) is 1. The van der Waals surface area contributed by atoms with Gasteiger partial charge < -0.3 is 5.32 Å². The molecule has 1 rings (SSSR count). The maximum atomic E-state index is 3.78. The number of rotatable bonds is 9. The van der Waals surface area contributed by atoms with E-state index in [0.717, 1.165) is 18.5 Å². The average molecular weight is 301 g/mol. The average Bonchev–Trinajstić information content (AvgIpc) is 2.42. The molecule has 0 aliphatic carbocycles. The maximum Gasteiger partial charge on any atom is 0.0278 e. The van der Waals surface area contributed by atoms with Gasteiger partial charge in [-0.05, 0) is 50.7 Å². The Bertz CT molecular complexity index is 257. The third kappa shape index (κ3) is 5.95. The van der Waals surface area contributed by atoms with Crippen LogP contribution in [0.1, 0.15) is 59.8 Å². The molecule has 0 aromatic rings. The van der Waals surface area contributed by atoms with E-state index in [1.54, 1.807) is 0 Å².